The van der Waals surface area contributed by atoms with Crippen LogP contribution in [0.4, 0.5) is 17.2 Å². The Labute approximate surface area is 281 Å². The number of benzene rings is 2. The lowest BCUT2D eigenvalue weighted by Crippen LogP contribution is -2.30. The lowest BCUT2D eigenvalue weighted by atomic mass is 10.1. The van der Waals surface area contributed by atoms with Crippen LogP contribution in [0, 0.1) is 0 Å². The third-order valence-electron chi connectivity index (χ3n) is 7.82. The van der Waals surface area contributed by atoms with E-state index in [9.17, 15) is 14.4 Å². The fraction of sp³-hybridized carbons (Fsp3) is 0.324. The first-order valence-corrected chi connectivity index (χ1v) is 16.2. The molecular weight excluding hydrogens is 608 g/mol. The van der Waals surface area contributed by atoms with Gasteiger partial charge in [0.25, 0.3) is 17.7 Å². The van der Waals surface area contributed by atoms with Crippen molar-refractivity contribution in [2.45, 2.75) is 39.5 Å². The zero-order chi connectivity index (χ0) is 34.3. The maximum atomic E-state index is 13.7. The summed E-state index contributed by atoms with van der Waals surface area (Å²) < 4.78 is 5.17. The number of anilines is 3. The first kappa shape index (κ1) is 35.7. The number of rotatable bonds is 15. The summed E-state index contributed by atoms with van der Waals surface area (Å²) in [5.41, 5.74) is 4.71. The summed E-state index contributed by atoms with van der Waals surface area (Å²) in [4.78, 5) is 51.0. The van der Waals surface area contributed by atoms with Crippen molar-refractivity contribution in [3.05, 3.63) is 108 Å². The predicted molar refractivity (Wildman–Crippen MR) is 189 cm³/mol. The molecule has 2 heterocycles. The summed E-state index contributed by atoms with van der Waals surface area (Å²) in [5, 5.41) is 17.2. The lowest BCUT2D eigenvalue weighted by molar-refractivity contribution is 0.0838. The van der Waals surface area contributed by atoms with Crippen LogP contribution in [0.25, 0.3) is 5.57 Å². The minimum atomic E-state index is -0.475. The number of nitrogens with zero attached hydrogens (tertiary/aromatic N) is 3. The first-order chi connectivity index (χ1) is 23.3. The van der Waals surface area contributed by atoms with E-state index in [2.05, 4.69) is 44.3 Å². The van der Waals surface area contributed by atoms with Gasteiger partial charge in [-0.25, -0.2) is 4.98 Å². The number of hydrogen-bond acceptors (Lipinski definition) is 8. The molecule has 1 aromatic heterocycles. The van der Waals surface area contributed by atoms with Gasteiger partial charge in [0.05, 0.1) is 49.2 Å². The average molecular weight is 653 g/mol. The van der Waals surface area contributed by atoms with Gasteiger partial charge in [-0.05, 0) is 69.0 Å². The average Bonchev–Trinajstić information content (AvgIpc) is 3.12. The second-order valence-corrected chi connectivity index (χ2v) is 11.3. The molecule has 3 amide bonds. The van der Waals surface area contributed by atoms with Gasteiger partial charge >= 0.3 is 0 Å². The zero-order valence-corrected chi connectivity index (χ0v) is 27.6. The third-order valence-corrected chi connectivity index (χ3v) is 7.82. The van der Waals surface area contributed by atoms with Gasteiger partial charge < -0.3 is 30.7 Å². The molecule has 0 unspecified atom stereocenters. The Morgan fingerprint density at radius 2 is 1.73 bits per heavy atom. The summed E-state index contributed by atoms with van der Waals surface area (Å²) in [7, 11) is 0. The highest BCUT2D eigenvalue weighted by Crippen LogP contribution is 2.27. The highest BCUT2D eigenvalue weighted by atomic mass is 16.5. The summed E-state index contributed by atoms with van der Waals surface area (Å²) in [5.74, 6) is -1.03. The van der Waals surface area contributed by atoms with E-state index < -0.39 is 11.8 Å². The number of allylic oxidation sites excluding steroid dienone is 5. The number of aliphatic hydroxyl groups is 1. The molecule has 1 aliphatic heterocycles. The summed E-state index contributed by atoms with van der Waals surface area (Å²) >= 11 is 0. The van der Waals surface area contributed by atoms with E-state index in [1.807, 2.05) is 25.1 Å². The van der Waals surface area contributed by atoms with Crippen LogP contribution in [0.2, 0.25) is 0 Å². The standard InChI is InChI=1S/C37H44N6O5/c1-4-10-27(21-26(3)5-2)33-24-40-34(25-39-33)42-37(47)31-23-30(43-16-7-6-8-17-43)13-14-32(31)41-36(46)29-12-9-11-28(22-29)35(45)38-15-19-48-20-18-44/h4,9-14,21-25,44H,1,5-8,15-20H2,2-3H3,(H,38,45)(H,41,46)(H,40,42,47)/b26-21-,27-10+. The Hall–Kier alpha value is -5.13. The van der Waals surface area contributed by atoms with Gasteiger partial charge in [-0.15, -0.1) is 0 Å². The lowest BCUT2D eigenvalue weighted by Gasteiger charge is -2.29. The Bertz CT molecular complexity index is 1640. The van der Waals surface area contributed by atoms with Gasteiger partial charge in [-0.3, -0.25) is 19.4 Å². The van der Waals surface area contributed by atoms with Crippen molar-refractivity contribution in [2.75, 3.05) is 55.0 Å². The molecule has 1 saturated heterocycles. The van der Waals surface area contributed by atoms with Gasteiger partial charge in [-0.1, -0.05) is 43.4 Å². The molecule has 1 aliphatic rings. The molecule has 0 aliphatic carbocycles. The van der Waals surface area contributed by atoms with Gasteiger partial charge in [0, 0.05) is 42.0 Å². The number of piperidine rings is 1. The van der Waals surface area contributed by atoms with E-state index in [1.54, 1.807) is 42.6 Å². The first-order valence-electron chi connectivity index (χ1n) is 16.2. The van der Waals surface area contributed by atoms with Gasteiger partial charge in [0.1, 0.15) is 0 Å². The molecule has 0 radical (unpaired) electrons. The second kappa shape index (κ2) is 18.3. The number of nitrogens with one attached hydrogen (secondary N) is 3. The molecule has 3 aromatic rings. The van der Waals surface area contributed by atoms with Crippen LogP contribution in [0.1, 0.15) is 76.3 Å². The normalized spacial score (nSPS) is 13.5. The molecule has 0 bridgehead atoms. The fourth-order valence-corrected chi connectivity index (χ4v) is 5.11. The van der Waals surface area contributed by atoms with Crippen LogP contribution in [-0.4, -0.2) is 72.3 Å². The van der Waals surface area contributed by atoms with E-state index in [-0.39, 0.29) is 49.2 Å². The van der Waals surface area contributed by atoms with E-state index in [0.717, 1.165) is 43.6 Å². The Morgan fingerprint density at radius 3 is 2.42 bits per heavy atom. The molecule has 0 atom stereocenters. The topological polar surface area (TPSA) is 146 Å². The van der Waals surface area contributed by atoms with Crippen LogP contribution in [0.3, 0.4) is 0 Å². The molecule has 2 aromatic carbocycles. The second-order valence-electron chi connectivity index (χ2n) is 11.3. The number of amides is 3. The maximum absolute atomic E-state index is 13.7. The molecule has 1 fully saturated rings. The third kappa shape index (κ3) is 10.2. The van der Waals surface area contributed by atoms with E-state index in [4.69, 9.17) is 9.84 Å². The Morgan fingerprint density at radius 1 is 0.958 bits per heavy atom. The minimum absolute atomic E-state index is 0.0946. The number of carbonyl (C=O) groups is 3. The van der Waals surface area contributed by atoms with Crippen LogP contribution >= 0.6 is 0 Å². The summed E-state index contributed by atoms with van der Waals surface area (Å²) in [6, 6.07) is 11.7. The van der Waals surface area contributed by atoms with Gasteiger partial charge in [-0.2, -0.15) is 0 Å². The molecule has 11 heteroatoms. The van der Waals surface area contributed by atoms with Crippen LogP contribution in [0.5, 0.6) is 0 Å². The quantitative estimate of drug-likeness (QED) is 0.122. The highest BCUT2D eigenvalue weighted by Gasteiger charge is 2.20. The largest absolute Gasteiger partial charge is 0.394 e. The molecule has 48 heavy (non-hydrogen) atoms. The van der Waals surface area contributed by atoms with Crippen molar-refractivity contribution in [3.8, 4) is 0 Å². The minimum Gasteiger partial charge on any atom is -0.394 e. The molecule has 4 rings (SSSR count). The molecular formula is C37H44N6O5. The van der Waals surface area contributed by atoms with Crippen molar-refractivity contribution in [3.63, 3.8) is 0 Å². The Kier molecular flexibility index (Phi) is 13.6. The van der Waals surface area contributed by atoms with Crippen LogP contribution < -0.4 is 20.9 Å². The molecule has 0 spiro atoms. The van der Waals surface area contributed by atoms with Gasteiger partial charge in [0.2, 0.25) is 0 Å². The molecule has 11 nitrogen and oxygen atoms in total. The summed E-state index contributed by atoms with van der Waals surface area (Å²) in [6.07, 6.45) is 12.9. The number of ether oxygens (including phenoxy) is 1. The van der Waals surface area contributed by atoms with Crippen molar-refractivity contribution in [1.29, 1.82) is 0 Å². The Balaban J connectivity index is 1.54. The van der Waals surface area contributed by atoms with E-state index in [1.165, 1.54) is 24.3 Å². The molecule has 252 valence electrons. The zero-order valence-electron chi connectivity index (χ0n) is 27.6. The number of aromatic nitrogens is 2. The van der Waals surface area contributed by atoms with Crippen molar-refractivity contribution in [1.82, 2.24) is 15.3 Å². The van der Waals surface area contributed by atoms with Crippen molar-refractivity contribution < 1.29 is 24.2 Å². The van der Waals surface area contributed by atoms with E-state index in [0.29, 0.717) is 16.9 Å². The highest BCUT2D eigenvalue weighted by molar-refractivity contribution is 6.13. The SMILES string of the molecule is C=C/C=C(\C=C(\C)CC)c1cnc(NC(=O)c2cc(N3CCCCC3)ccc2NC(=O)c2cccc(C(=O)NCCOCCO)c2)cn1. The monoisotopic (exact) mass is 652 g/mol. The molecule has 0 saturated carbocycles. The maximum Gasteiger partial charge on any atom is 0.259 e. The number of aliphatic hydroxyl groups excluding tert-OH is 1. The van der Waals surface area contributed by atoms with Crippen LogP contribution in [-0.2, 0) is 4.74 Å². The van der Waals surface area contributed by atoms with Crippen molar-refractivity contribution in [2.24, 2.45) is 0 Å². The molecule has 4 N–H and O–H groups in total. The number of carbonyl (C=O) groups excluding carboxylic acids is 3. The smallest absolute Gasteiger partial charge is 0.259 e. The summed E-state index contributed by atoms with van der Waals surface area (Å²) in [6.45, 7) is 10.3. The predicted octanol–water partition coefficient (Wildman–Crippen LogP) is 5.64. The van der Waals surface area contributed by atoms with Crippen LogP contribution in [0.15, 0.2) is 85.2 Å². The fourth-order valence-electron chi connectivity index (χ4n) is 5.11. The van der Waals surface area contributed by atoms with Gasteiger partial charge in [0.15, 0.2) is 5.82 Å². The van der Waals surface area contributed by atoms with Crippen molar-refractivity contribution >= 4 is 40.5 Å². The van der Waals surface area contributed by atoms with E-state index >= 15 is 0 Å². The number of hydrogen-bond donors (Lipinski definition) is 4.